The van der Waals surface area contributed by atoms with Crippen molar-refractivity contribution in [3.8, 4) is 0 Å². The van der Waals surface area contributed by atoms with E-state index >= 15 is 0 Å². The fourth-order valence-corrected chi connectivity index (χ4v) is 2.48. The van der Waals surface area contributed by atoms with Gasteiger partial charge in [-0.15, -0.1) is 6.58 Å². The van der Waals surface area contributed by atoms with Crippen LogP contribution in [0.4, 0.5) is 0 Å². The van der Waals surface area contributed by atoms with Crippen molar-refractivity contribution in [1.29, 1.82) is 0 Å². The van der Waals surface area contributed by atoms with Gasteiger partial charge in [-0.05, 0) is 18.4 Å². The Balaban J connectivity index is 0.000000412. The number of carbonyl (C=O) groups is 1. The first-order chi connectivity index (χ1) is 12.6. The second kappa shape index (κ2) is 12.2. The first-order valence-corrected chi connectivity index (χ1v) is 9.16. The summed E-state index contributed by atoms with van der Waals surface area (Å²) in [6.45, 7) is 9.73. The van der Waals surface area contributed by atoms with Gasteiger partial charge in [-0.3, -0.25) is 4.79 Å². The highest BCUT2D eigenvalue weighted by molar-refractivity contribution is 6.02. The topological polar surface area (TPSA) is 46.5 Å². The zero-order chi connectivity index (χ0) is 19.3. The van der Waals surface area contributed by atoms with Crippen LogP contribution in [-0.2, 0) is 10.3 Å². The van der Waals surface area contributed by atoms with Crippen molar-refractivity contribution in [1.82, 2.24) is 0 Å². The van der Waals surface area contributed by atoms with Gasteiger partial charge < -0.3 is 9.84 Å². The normalized spacial score (nSPS) is 12.4. The molecule has 0 saturated heterocycles. The van der Waals surface area contributed by atoms with E-state index in [1.54, 1.807) is 42.5 Å². The molecule has 2 aromatic rings. The van der Waals surface area contributed by atoms with E-state index in [-0.39, 0.29) is 12.2 Å². The molecule has 0 saturated carbocycles. The summed E-state index contributed by atoms with van der Waals surface area (Å²) < 4.78 is 5.13. The second-order valence-electron chi connectivity index (χ2n) is 6.03. The average molecular weight is 354 g/mol. The first kappa shape index (κ1) is 21.8. The highest BCUT2D eigenvalue weighted by Gasteiger charge is 2.36. The Kier molecular flexibility index (Phi) is 10.2. The molecule has 3 nitrogen and oxygen atoms in total. The van der Waals surface area contributed by atoms with Crippen molar-refractivity contribution in [3.05, 3.63) is 84.4 Å². The molecule has 1 N–H and O–H groups in total. The van der Waals surface area contributed by atoms with Crippen molar-refractivity contribution in [3.63, 3.8) is 0 Å². The number of ether oxygens (including phenoxy) is 1. The molecule has 0 amide bonds. The Bertz CT molecular complexity index is 633. The predicted octanol–water partition coefficient (Wildman–Crippen LogP) is 5.16. The Labute approximate surface area is 157 Å². The molecule has 0 heterocycles. The van der Waals surface area contributed by atoms with Crippen LogP contribution < -0.4 is 0 Å². The molecule has 0 aromatic heterocycles. The lowest BCUT2D eigenvalue weighted by molar-refractivity contribution is 0.0313. The van der Waals surface area contributed by atoms with Crippen LogP contribution in [0.25, 0.3) is 0 Å². The molecule has 3 heteroatoms. The van der Waals surface area contributed by atoms with Crippen molar-refractivity contribution >= 4 is 5.78 Å². The number of Topliss-reactive ketones (excluding diaryl/α,β-unsaturated/α-hetero) is 1. The van der Waals surface area contributed by atoms with Gasteiger partial charge in [-0.25, -0.2) is 0 Å². The molecule has 1 unspecified atom stereocenters. The van der Waals surface area contributed by atoms with Crippen LogP contribution in [0.15, 0.2) is 73.3 Å². The molecule has 0 aliphatic rings. The number of aliphatic hydroxyl groups is 1. The van der Waals surface area contributed by atoms with Crippen molar-refractivity contribution in [2.24, 2.45) is 0 Å². The lowest BCUT2D eigenvalue weighted by Crippen LogP contribution is -2.35. The number of rotatable bonds is 9. The number of benzene rings is 2. The van der Waals surface area contributed by atoms with E-state index < -0.39 is 5.60 Å². The van der Waals surface area contributed by atoms with Gasteiger partial charge in [0.25, 0.3) is 0 Å². The molecule has 140 valence electrons. The molecule has 26 heavy (non-hydrogen) atoms. The fourth-order valence-electron chi connectivity index (χ4n) is 2.48. The van der Waals surface area contributed by atoms with E-state index in [1.165, 1.54) is 0 Å². The van der Waals surface area contributed by atoms with Gasteiger partial charge in [0.15, 0.2) is 11.4 Å². The average Bonchev–Trinajstić information content (AvgIpc) is 2.70. The number of hydrogen-bond donors (Lipinski definition) is 1. The smallest absolute Gasteiger partial charge is 0.199 e. The third-order valence-corrected chi connectivity index (χ3v) is 3.80. The van der Waals surface area contributed by atoms with Crippen LogP contribution in [0.5, 0.6) is 0 Å². The van der Waals surface area contributed by atoms with Gasteiger partial charge in [0.2, 0.25) is 0 Å². The largest absolute Gasteiger partial charge is 0.381 e. The zero-order valence-corrected chi connectivity index (χ0v) is 15.9. The van der Waals surface area contributed by atoms with E-state index in [2.05, 4.69) is 20.4 Å². The van der Waals surface area contributed by atoms with E-state index in [1.807, 2.05) is 24.3 Å². The lowest BCUT2D eigenvalue weighted by atomic mass is 9.83. The fraction of sp³-hybridized carbons (Fsp3) is 0.348. The quantitative estimate of drug-likeness (QED) is 0.384. The summed E-state index contributed by atoms with van der Waals surface area (Å²) in [6, 6.07) is 17.8. The molecule has 1 atom stereocenters. The summed E-state index contributed by atoms with van der Waals surface area (Å²) >= 11 is 0. The van der Waals surface area contributed by atoms with E-state index in [9.17, 15) is 9.90 Å². The molecule has 0 spiro atoms. The van der Waals surface area contributed by atoms with Crippen molar-refractivity contribution in [2.75, 3.05) is 13.2 Å². The molecular formula is C23H30O3. The molecule has 0 aliphatic heterocycles. The maximum Gasteiger partial charge on any atom is 0.199 e. The van der Waals surface area contributed by atoms with E-state index in [0.717, 1.165) is 26.1 Å². The summed E-state index contributed by atoms with van der Waals surface area (Å²) in [6.07, 6.45) is 4.03. The molecule has 0 aliphatic carbocycles. The van der Waals surface area contributed by atoms with Crippen LogP contribution in [0.3, 0.4) is 0 Å². The van der Waals surface area contributed by atoms with E-state index in [0.29, 0.717) is 11.1 Å². The van der Waals surface area contributed by atoms with Crippen molar-refractivity contribution in [2.45, 2.75) is 38.7 Å². The predicted molar refractivity (Wildman–Crippen MR) is 107 cm³/mol. The van der Waals surface area contributed by atoms with Crippen LogP contribution in [0.2, 0.25) is 0 Å². The van der Waals surface area contributed by atoms with Crippen molar-refractivity contribution < 1.29 is 14.6 Å². The van der Waals surface area contributed by atoms with Crippen LogP contribution in [0.1, 0.15) is 49.0 Å². The highest BCUT2D eigenvalue weighted by atomic mass is 16.5. The Morgan fingerprint density at radius 1 is 1.00 bits per heavy atom. The minimum Gasteiger partial charge on any atom is -0.381 e. The standard InChI is InChI=1S/C17H16O2.C6H14O/c1-2-13-17(19,15-11-7-4-8-12-15)16(18)14-9-5-3-6-10-14;1-3-5-7-6-4-2/h2-12,19H,1,13H2;3-6H2,1-2H3. The van der Waals surface area contributed by atoms with Gasteiger partial charge >= 0.3 is 0 Å². The van der Waals surface area contributed by atoms with E-state index in [4.69, 9.17) is 4.74 Å². The number of ketones is 1. The second-order valence-corrected chi connectivity index (χ2v) is 6.03. The van der Waals surface area contributed by atoms with Gasteiger partial charge in [0.1, 0.15) is 0 Å². The zero-order valence-electron chi connectivity index (χ0n) is 15.9. The summed E-state index contributed by atoms with van der Waals surface area (Å²) in [5.41, 5.74) is -0.468. The minimum absolute atomic E-state index is 0.185. The summed E-state index contributed by atoms with van der Waals surface area (Å²) in [5, 5.41) is 10.8. The third kappa shape index (κ3) is 6.58. The SMILES string of the molecule is C=CCC(O)(C(=O)c1ccccc1)c1ccccc1.CCCOCCC. The number of hydrogen-bond acceptors (Lipinski definition) is 3. The maximum atomic E-state index is 12.6. The number of carbonyl (C=O) groups excluding carboxylic acids is 1. The molecule has 2 aromatic carbocycles. The minimum atomic E-state index is -1.55. The molecule has 2 rings (SSSR count). The highest BCUT2D eigenvalue weighted by Crippen LogP contribution is 2.29. The Hall–Kier alpha value is -2.23. The van der Waals surface area contributed by atoms with Crippen LogP contribution in [0, 0.1) is 0 Å². The van der Waals surface area contributed by atoms with Gasteiger partial charge in [-0.2, -0.15) is 0 Å². The van der Waals surface area contributed by atoms with Gasteiger partial charge in [-0.1, -0.05) is 80.6 Å². The monoisotopic (exact) mass is 354 g/mol. The maximum absolute atomic E-state index is 12.6. The van der Waals surface area contributed by atoms with Crippen LogP contribution in [-0.4, -0.2) is 24.1 Å². The summed E-state index contributed by atoms with van der Waals surface area (Å²) in [7, 11) is 0. The Morgan fingerprint density at radius 3 is 1.96 bits per heavy atom. The lowest BCUT2D eigenvalue weighted by Gasteiger charge is -2.26. The molecule has 0 bridgehead atoms. The summed E-state index contributed by atoms with van der Waals surface area (Å²) in [5.74, 6) is -0.306. The molecular weight excluding hydrogens is 324 g/mol. The summed E-state index contributed by atoms with van der Waals surface area (Å²) in [4.78, 5) is 12.6. The van der Waals surface area contributed by atoms with Gasteiger partial charge in [0.05, 0.1) is 0 Å². The molecule has 0 fully saturated rings. The third-order valence-electron chi connectivity index (χ3n) is 3.80. The van der Waals surface area contributed by atoms with Gasteiger partial charge in [0, 0.05) is 25.2 Å². The first-order valence-electron chi connectivity index (χ1n) is 9.16. The van der Waals surface area contributed by atoms with Crippen LogP contribution >= 0.6 is 0 Å². The molecule has 0 radical (unpaired) electrons. The Morgan fingerprint density at radius 2 is 1.50 bits per heavy atom.